The number of para-hydroxylation sites is 2. The first-order chi connectivity index (χ1) is 10.9. The number of aliphatic hydroxyl groups is 1. The molecule has 0 bridgehead atoms. The highest BCUT2D eigenvalue weighted by molar-refractivity contribution is 5.96. The Balaban J connectivity index is 2.14. The van der Waals surface area contributed by atoms with Crippen molar-refractivity contribution in [3.8, 4) is 0 Å². The summed E-state index contributed by atoms with van der Waals surface area (Å²) in [6.07, 6.45) is -1.14. The van der Waals surface area contributed by atoms with Crippen molar-refractivity contribution in [1.82, 2.24) is 0 Å². The van der Waals surface area contributed by atoms with E-state index in [1.807, 2.05) is 43.3 Å². The highest BCUT2D eigenvalue weighted by atomic mass is 19.1. The van der Waals surface area contributed by atoms with Crippen LogP contribution in [0, 0.1) is 5.82 Å². The van der Waals surface area contributed by atoms with Gasteiger partial charge in [-0.2, -0.15) is 0 Å². The van der Waals surface area contributed by atoms with Gasteiger partial charge in [0.05, 0.1) is 23.9 Å². The van der Waals surface area contributed by atoms with Crippen molar-refractivity contribution in [3.05, 3.63) is 59.9 Å². The average Bonchev–Trinajstić information content (AvgIpc) is 2.54. The zero-order valence-electron chi connectivity index (χ0n) is 13.5. The highest BCUT2D eigenvalue weighted by Crippen LogP contribution is 2.28. The minimum Gasteiger partial charge on any atom is -0.388 e. The van der Waals surface area contributed by atoms with Crippen molar-refractivity contribution in [2.24, 2.45) is 0 Å². The van der Waals surface area contributed by atoms with Crippen LogP contribution in [-0.4, -0.2) is 32.2 Å². The zero-order chi connectivity index (χ0) is 17.0. The molecule has 1 atom stereocenters. The van der Waals surface area contributed by atoms with Crippen LogP contribution in [0.15, 0.2) is 48.5 Å². The Kier molecular flexibility index (Phi) is 5.34. The smallest absolute Gasteiger partial charge is 0.229 e. The number of halogens is 1. The summed E-state index contributed by atoms with van der Waals surface area (Å²) in [5, 5.41) is 10.2. The predicted molar refractivity (Wildman–Crippen MR) is 90.2 cm³/mol. The Labute approximate surface area is 135 Å². The zero-order valence-corrected chi connectivity index (χ0v) is 13.5. The van der Waals surface area contributed by atoms with Gasteiger partial charge in [-0.3, -0.25) is 4.79 Å². The summed E-state index contributed by atoms with van der Waals surface area (Å²) in [7, 11) is 5.47. The minimum atomic E-state index is -1.04. The number of anilines is 2. The van der Waals surface area contributed by atoms with Gasteiger partial charge in [0.25, 0.3) is 0 Å². The largest absolute Gasteiger partial charge is 0.388 e. The van der Waals surface area contributed by atoms with Crippen LogP contribution in [-0.2, 0) is 4.79 Å². The molecule has 2 aromatic rings. The standard InChI is InChI=1S/C18H21FN2O2/c1-20(2)15-9-4-5-10-16(15)21(3)18(23)12-17(22)13-7-6-8-14(19)11-13/h4-11,17,22H,12H2,1-3H3. The van der Waals surface area contributed by atoms with Crippen LogP contribution in [0.5, 0.6) is 0 Å². The Morgan fingerprint density at radius 3 is 2.35 bits per heavy atom. The molecule has 0 heterocycles. The van der Waals surface area contributed by atoms with Gasteiger partial charge in [-0.05, 0) is 29.8 Å². The monoisotopic (exact) mass is 316 g/mol. The van der Waals surface area contributed by atoms with E-state index in [0.29, 0.717) is 5.56 Å². The number of hydrogen-bond donors (Lipinski definition) is 1. The third-order valence-corrected chi connectivity index (χ3v) is 3.70. The lowest BCUT2D eigenvalue weighted by molar-refractivity contribution is -0.120. The van der Waals surface area contributed by atoms with Gasteiger partial charge in [0.1, 0.15) is 5.82 Å². The lowest BCUT2D eigenvalue weighted by Gasteiger charge is -2.25. The highest BCUT2D eigenvalue weighted by Gasteiger charge is 2.20. The maximum absolute atomic E-state index is 13.2. The van der Waals surface area contributed by atoms with Crippen molar-refractivity contribution in [1.29, 1.82) is 0 Å². The Bertz CT molecular complexity index is 688. The molecule has 1 N–H and O–H groups in total. The molecule has 0 fully saturated rings. The van der Waals surface area contributed by atoms with Crippen molar-refractivity contribution in [2.45, 2.75) is 12.5 Å². The van der Waals surface area contributed by atoms with Crippen LogP contribution in [0.3, 0.4) is 0 Å². The van der Waals surface area contributed by atoms with E-state index in [0.717, 1.165) is 11.4 Å². The normalized spacial score (nSPS) is 11.9. The fourth-order valence-electron chi connectivity index (χ4n) is 2.39. The summed E-state index contributed by atoms with van der Waals surface area (Å²) in [6.45, 7) is 0. The Morgan fingerprint density at radius 1 is 1.09 bits per heavy atom. The second kappa shape index (κ2) is 7.24. The minimum absolute atomic E-state index is 0.109. The summed E-state index contributed by atoms with van der Waals surface area (Å²) in [4.78, 5) is 15.9. The first-order valence-corrected chi connectivity index (χ1v) is 7.36. The van der Waals surface area contributed by atoms with Crippen LogP contribution < -0.4 is 9.80 Å². The van der Waals surface area contributed by atoms with E-state index in [2.05, 4.69) is 0 Å². The molecule has 1 unspecified atom stereocenters. The second-order valence-corrected chi connectivity index (χ2v) is 5.61. The maximum atomic E-state index is 13.2. The molecule has 122 valence electrons. The van der Waals surface area contributed by atoms with Gasteiger partial charge in [0, 0.05) is 21.1 Å². The molecular weight excluding hydrogens is 295 g/mol. The molecule has 0 radical (unpaired) electrons. The SMILES string of the molecule is CN(C)c1ccccc1N(C)C(=O)CC(O)c1cccc(F)c1. The van der Waals surface area contributed by atoms with Crippen LogP contribution in [0.25, 0.3) is 0 Å². The van der Waals surface area contributed by atoms with Gasteiger partial charge < -0.3 is 14.9 Å². The molecule has 0 aliphatic rings. The fraction of sp³-hybridized carbons (Fsp3) is 0.278. The molecule has 5 heteroatoms. The van der Waals surface area contributed by atoms with Gasteiger partial charge in [-0.1, -0.05) is 24.3 Å². The third kappa shape index (κ3) is 4.07. The topological polar surface area (TPSA) is 43.8 Å². The van der Waals surface area contributed by atoms with E-state index in [1.54, 1.807) is 13.1 Å². The summed E-state index contributed by atoms with van der Waals surface area (Å²) >= 11 is 0. The van der Waals surface area contributed by atoms with Gasteiger partial charge >= 0.3 is 0 Å². The van der Waals surface area contributed by atoms with Crippen LogP contribution in [0.4, 0.5) is 15.8 Å². The lowest BCUT2D eigenvalue weighted by Crippen LogP contribution is -2.29. The number of hydrogen-bond acceptors (Lipinski definition) is 3. The molecule has 0 saturated carbocycles. The molecular formula is C18H21FN2O2. The first kappa shape index (κ1) is 17.0. The number of benzene rings is 2. The quantitative estimate of drug-likeness (QED) is 0.922. The number of carbonyl (C=O) groups excluding carboxylic acids is 1. The van der Waals surface area contributed by atoms with Crippen molar-refractivity contribution in [3.63, 3.8) is 0 Å². The van der Waals surface area contributed by atoms with E-state index in [9.17, 15) is 14.3 Å². The van der Waals surface area contributed by atoms with Crippen LogP contribution in [0.2, 0.25) is 0 Å². The second-order valence-electron chi connectivity index (χ2n) is 5.61. The molecule has 23 heavy (non-hydrogen) atoms. The Morgan fingerprint density at radius 2 is 1.74 bits per heavy atom. The molecule has 4 nitrogen and oxygen atoms in total. The van der Waals surface area contributed by atoms with Crippen molar-refractivity contribution >= 4 is 17.3 Å². The number of rotatable bonds is 5. The summed E-state index contributed by atoms with van der Waals surface area (Å²) in [5.41, 5.74) is 2.06. The molecule has 0 saturated heterocycles. The molecule has 2 aromatic carbocycles. The number of nitrogens with zero attached hydrogens (tertiary/aromatic N) is 2. The van der Waals surface area contributed by atoms with Crippen LogP contribution in [0.1, 0.15) is 18.1 Å². The molecule has 2 rings (SSSR count). The van der Waals surface area contributed by atoms with E-state index in [1.165, 1.54) is 23.1 Å². The third-order valence-electron chi connectivity index (χ3n) is 3.70. The summed E-state index contributed by atoms with van der Waals surface area (Å²) in [5.74, 6) is -0.670. The van der Waals surface area contributed by atoms with E-state index in [-0.39, 0.29) is 12.3 Å². The number of aliphatic hydroxyl groups excluding tert-OH is 1. The van der Waals surface area contributed by atoms with E-state index < -0.39 is 11.9 Å². The Hall–Kier alpha value is -2.40. The molecule has 0 spiro atoms. The van der Waals surface area contributed by atoms with Crippen molar-refractivity contribution in [2.75, 3.05) is 30.9 Å². The molecule has 0 aliphatic heterocycles. The predicted octanol–water partition coefficient (Wildman–Crippen LogP) is 2.98. The molecule has 0 aromatic heterocycles. The lowest BCUT2D eigenvalue weighted by atomic mass is 10.1. The fourth-order valence-corrected chi connectivity index (χ4v) is 2.39. The van der Waals surface area contributed by atoms with Crippen molar-refractivity contribution < 1.29 is 14.3 Å². The first-order valence-electron chi connectivity index (χ1n) is 7.36. The summed E-state index contributed by atoms with van der Waals surface area (Å²) < 4.78 is 13.2. The average molecular weight is 316 g/mol. The van der Waals surface area contributed by atoms with E-state index >= 15 is 0 Å². The maximum Gasteiger partial charge on any atom is 0.229 e. The number of amides is 1. The molecule has 1 amide bonds. The van der Waals surface area contributed by atoms with Gasteiger partial charge in [-0.25, -0.2) is 4.39 Å². The van der Waals surface area contributed by atoms with Gasteiger partial charge in [-0.15, -0.1) is 0 Å². The van der Waals surface area contributed by atoms with Crippen LogP contribution >= 0.6 is 0 Å². The van der Waals surface area contributed by atoms with E-state index in [4.69, 9.17) is 0 Å². The summed E-state index contributed by atoms with van der Waals surface area (Å²) in [6, 6.07) is 13.2. The van der Waals surface area contributed by atoms with Gasteiger partial charge in [0.2, 0.25) is 5.91 Å². The van der Waals surface area contributed by atoms with Gasteiger partial charge in [0.15, 0.2) is 0 Å². The number of carbonyl (C=O) groups is 1. The molecule has 0 aliphatic carbocycles.